The van der Waals surface area contributed by atoms with Crippen molar-refractivity contribution in [1.82, 2.24) is 0 Å². The number of hydrogen-bond acceptors (Lipinski definition) is 4. The Kier molecular flexibility index (Phi) is 5.38. The molecule has 0 aromatic rings. The van der Waals surface area contributed by atoms with Crippen LogP contribution in [-0.4, -0.2) is 55.3 Å². The van der Waals surface area contributed by atoms with Crippen molar-refractivity contribution in [3.05, 3.63) is 0 Å². The molecule has 0 rings (SSSR count). The van der Waals surface area contributed by atoms with E-state index in [1.165, 1.54) is 0 Å². The van der Waals surface area contributed by atoms with Crippen molar-refractivity contribution in [2.24, 2.45) is 0 Å². The summed E-state index contributed by atoms with van der Waals surface area (Å²) in [5, 5.41) is 0. The number of rotatable bonds is 0. The molecule has 0 atom stereocenters. The summed E-state index contributed by atoms with van der Waals surface area (Å²) in [7, 11) is -5.17. The third-order valence-corrected chi connectivity index (χ3v) is 0. The Morgan fingerprint density at radius 2 is 1.17 bits per heavy atom. The Hall–Kier alpha value is 1.13. The van der Waals surface area contributed by atoms with Crippen LogP contribution in [0.2, 0.25) is 0 Å². The van der Waals surface area contributed by atoms with Gasteiger partial charge in [-0.05, 0) is 0 Å². The van der Waals surface area contributed by atoms with Crippen LogP contribution in [0.3, 0.4) is 0 Å². The molecule has 0 aromatic heterocycles. The molecule has 0 bridgehead atoms. The second-order valence-electron chi connectivity index (χ2n) is 0.408. The van der Waals surface area contributed by atoms with E-state index >= 15 is 0 Å². The van der Waals surface area contributed by atoms with Crippen molar-refractivity contribution in [3.8, 4) is 0 Å². The molecular weight excluding hydrogens is 144 g/mol. The Balaban J connectivity index is 0. The molecule has 0 unspecified atom stereocenters. The zero-order valence-electron chi connectivity index (χ0n) is 2.75. The number of hydrogen-bond donors (Lipinski definition) is 0. The van der Waals surface area contributed by atoms with Gasteiger partial charge in [0.05, 0.1) is 0 Å². The Bertz CT molecular complexity index is 90.7. The first-order chi connectivity index (χ1) is 2.00. The molecule has 0 aliphatic carbocycles. The molecular formula is CaO4S. The average molecular weight is 144 g/mol. The maximum absolute atomic E-state index is 8.52. The van der Waals surface area contributed by atoms with Crippen LogP contribution < -0.4 is 0 Å². The fourth-order valence-corrected chi connectivity index (χ4v) is 0. The molecule has 0 saturated heterocycles. The molecule has 6 heteroatoms. The van der Waals surface area contributed by atoms with Crippen LogP contribution in [0.4, 0.5) is 0 Å². The maximum Gasteiger partial charge on any atom is 2.00 e. The molecule has 0 saturated carbocycles. The second kappa shape index (κ2) is 3.17. The predicted molar refractivity (Wildman–Crippen MR) is 16.2 cm³/mol. The second-order valence-corrected chi connectivity index (χ2v) is 1.22. The first-order valence-electron chi connectivity index (χ1n) is 0.667. The topological polar surface area (TPSA) is 80.3 Å². The summed E-state index contributed by atoms with van der Waals surface area (Å²) in [5.41, 5.74) is 0. The Morgan fingerprint density at radius 3 is 1.17 bits per heavy atom. The summed E-state index contributed by atoms with van der Waals surface area (Å²) in [4.78, 5) is 0. The van der Waals surface area contributed by atoms with Crippen LogP contribution >= 0.6 is 0 Å². The van der Waals surface area contributed by atoms with Crippen LogP contribution in [0, 0.1) is 0 Å². The third kappa shape index (κ3) is 68.5. The monoisotopic (exact) mass is 144 g/mol. The summed E-state index contributed by atoms with van der Waals surface area (Å²) < 4.78 is 34.1. The zero-order valence-corrected chi connectivity index (χ0v) is 5.77. The van der Waals surface area contributed by atoms with E-state index in [1.54, 1.807) is 0 Å². The first kappa shape index (κ1) is 10.2. The Morgan fingerprint density at radius 1 is 1.17 bits per heavy atom. The summed E-state index contributed by atoms with van der Waals surface area (Å²) in [6.07, 6.45) is 0. The molecule has 0 radical (unpaired) electrons. The van der Waals surface area contributed by atoms with Crippen molar-refractivity contribution >= 4 is 48.1 Å². The van der Waals surface area contributed by atoms with Gasteiger partial charge in [-0.15, -0.1) is 0 Å². The molecule has 6 heavy (non-hydrogen) atoms. The molecule has 0 aliphatic heterocycles. The minimum absolute atomic E-state index is 0. The first-order valence-corrected chi connectivity index (χ1v) is 2.00. The molecule has 0 spiro atoms. The predicted octanol–water partition coefficient (Wildman–Crippen LogP) is -1.72. The van der Waals surface area contributed by atoms with E-state index in [2.05, 4.69) is 0 Å². The van der Waals surface area contributed by atoms with Gasteiger partial charge in [-0.2, -0.15) is 0 Å². The van der Waals surface area contributed by atoms with Gasteiger partial charge in [0.25, 0.3) is 0 Å². The van der Waals surface area contributed by atoms with E-state index in [-0.39, 0.29) is 37.7 Å². The quantitative estimate of drug-likeness (QED) is 0.175. The van der Waals surface area contributed by atoms with Gasteiger partial charge in [0, 0.05) is 10.4 Å². The van der Waals surface area contributed by atoms with E-state index in [0.29, 0.717) is 0 Å². The summed E-state index contributed by atoms with van der Waals surface area (Å²) in [6, 6.07) is 0. The van der Waals surface area contributed by atoms with Gasteiger partial charge in [-0.1, -0.05) is 0 Å². The molecule has 32 valence electrons. The summed E-state index contributed by atoms with van der Waals surface area (Å²) in [5.74, 6) is 0. The van der Waals surface area contributed by atoms with Gasteiger partial charge < -0.3 is 9.11 Å². The van der Waals surface area contributed by atoms with Gasteiger partial charge in [-0.3, -0.25) is 8.42 Å². The van der Waals surface area contributed by atoms with Crippen molar-refractivity contribution in [2.75, 3.05) is 0 Å². The fraction of sp³-hybridized carbons (Fsp3) is 0. The fourth-order valence-electron chi connectivity index (χ4n) is 0. The van der Waals surface area contributed by atoms with E-state index < -0.39 is 10.4 Å². The standard InChI is InChI=1S/Ca.H2O4S/c;1-5(2,3)4/h;(H2,1,2,3,4)/q+2;/p-2/i;1+2,2+2,3+2,4+2. The van der Waals surface area contributed by atoms with Crippen molar-refractivity contribution in [3.63, 3.8) is 0 Å². The largest absolute Gasteiger partial charge is 2.00 e. The van der Waals surface area contributed by atoms with Gasteiger partial charge >= 0.3 is 37.7 Å². The van der Waals surface area contributed by atoms with Gasteiger partial charge in [-0.25, -0.2) is 0 Å². The zero-order chi connectivity index (χ0) is 4.50. The summed E-state index contributed by atoms with van der Waals surface area (Å²) >= 11 is 0. The molecule has 0 amide bonds. The van der Waals surface area contributed by atoms with Gasteiger partial charge in [0.2, 0.25) is 0 Å². The van der Waals surface area contributed by atoms with Crippen LogP contribution in [0.15, 0.2) is 0 Å². The minimum Gasteiger partial charge on any atom is -0.759 e. The molecule has 0 N–H and O–H groups in total. The molecule has 4 nitrogen and oxygen atoms in total. The van der Waals surface area contributed by atoms with Gasteiger partial charge in [0.15, 0.2) is 0 Å². The van der Waals surface area contributed by atoms with E-state index in [9.17, 15) is 0 Å². The SMILES string of the molecule is [18O]=S(=[18O])([18O-])[18O-].[Ca+2]. The summed E-state index contributed by atoms with van der Waals surface area (Å²) in [6.45, 7) is 0. The van der Waals surface area contributed by atoms with E-state index in [0.717, 1.165) is 0 Å². The Labute approximate surface area is 65.1 Å². The smallest absolute Gasteiger partial charge is 0.759 e. The normalized spacial score (nSPS) is 9.67. The van der Waals surface area contributed by atoms with E-state index in [4.69, 9.17) is 17.5 Å². The van der Waals surface area contributed by atoms with Gasteiger partial charge in [0.1, 0.15) is 0 Å². The molecule has 0 heterocycles. The molecule has 0 aromatic carbocycles. The minimum atomic E-state index is -5.17. The third-order valence-electron chi connectivity index (χ3n) is 0. The van der Waals surface area contributed by atoms with Crippen LogP contribution in [0.1, 0.15) is 0 Å². The van der Waals surface area contributed by atoms with Crippen LogP contribution in [-0.2, 0) is 10.4 Å². The van der Waals surface area contributed by atoms with E-state index in [1.807, 2.05) is 0 Å². The maximum atomic E-state index is 8.52. The molecule has 0 fully saturated rings. The average Bonchev–Trinajstić information content (AvgIpc) is 0.722. The van der Waals surface area contributed by atoms with Crippen molar-refractivity contribution in [1.29, 1.82) is 0 Å². The van der Waals surface area contributed by atoms with Crippen molar-refractivity contribution in [2.45, 2.75) is 0 Å². The van der Waals surface area contributed by atoms with Crippen LogP contribution in [0.5, 0.6) is 0 Å². The van der Waals surface area contributed by atoms with Crippen LogP contribution in [0.25, 0.3) is 0 Å². The molecule has 0 aliphatic rings. The van der Waals surface area contributed by atoms with Crippen molar-refractivity contribution < 1.29 is 17.5 Å².